The summed E-state index contributed by atoms with van der Waals surface area (Å²) in [6.07, 6.45) is 7.32. The molecular weight excluding hydrogens is 430 g/mol. The number of amides is 1. The Hall–Kier alpha value is -2.74. The van der Waals surface area contributed by atoms with Crippen molar-refractivity contribution in [1.29, 1.82) is 0 Å². The van der Waals surface area contributed by atoms with E-state index in [-0.39, 0.29) is 17.9 Å². The van der Waals surface area contributed by atoms with Gasteiger partial charge in [0, 0.05) is 37.0 Å². The molecule has 184 valence electrons. The van der Waals surface area contributed by atoms with Crippen LogP contribution in [0.2, 0.25) is 0 Å². The maximum absolute atomic E-state index is 12.6. The summed E-state index contributed by atoms with van der Waals surface area (Å²) in [5, 5.41) is 7.18. The lowest BCUT2D eigenvalue weighted by atomic mass is 9.78. The summed E-state index contributed by atoms with van der Waals surface area (Å²) in [5.41, 5.74) is 2.02. The molecule has 1 saturated heterocycles. The van der Waals surface area contributed by atoms with Gasteiger partial charge in [-0.15, -0.1) is 0 Å². The van der Waals surface area contributed by atoms with Gasteiger partial charge in [-0.25, -0.2) is 14.8 Å². The number of fused-ring (bicyclic) bond motifs is 1. The number of benzene rings is 1. The Labute approximate surface area is 201 Å². The van der Waals surface area contributed by atoms with Gasteiger partial charge in [-0.2, -0.15) is 0 Å². The molecule has 0 bridgehead atoms. The van der Waals surface area contributed by atoms with Gasteiger partial charge in [0.2, 0.25) is 0 Å². The van der Waals surface area contributed by atoms with E-state index in [1.54, 1.807) is 0 Å². The van der Waals surface area contributed by atoms with Crippen molar-refractivity contribution >= 4 is 28.6 Å². The van der Waals surface area contributed by atoms with Crippen LogP contribution in [0.25, 0.3) is 10.9 Å². The molecule has 2 fully saturated rings. The van der Waals surface area contributed by atoms with Crippen molar-refractivity contribution in [2.75, 3.05) is 32.1 Å². The van der Waals surface area contributed by atoms with Crippen molar-refractivity contribution in [2.24, 2.45) is 11.8 Å². The average molecular weight is 468 g/mol. The Bertz CT molecular complexity index is 999. The maximum Gasteiger partial charge on any atom is 0.407 e. The number of anilines is 1. The third-order valence-electron chi connectivity index (χ3n) is 7.50. The van der Waals surface area contributed by atoms with E-state index in [1.807, 2.05) is 19.1 Å². The molecule has 1 amide bonds. The summed E-state index contributed by atoms with van der Waals surface area (Å²) in [6.45, 7) is 6.47. The number of hydrogen-bond donors (Lipinski definition) is 2. The number of carbonyl (C=O) groups is 2. The standard InChI is InChI=1S/C26H37N5O3/c1-4-23(30-26(33)34-3)19-6-8-20(9-7-19)31-14-18(15-31)12-21(32)13-27-25-22-11-17(2)5-10-24(22)28-16-29-25/h5,10-11,16,18-20,23H,4,6-9,12-15H2,1-3H3,(H,30,33)(H,27,28,29). The fourth-order valence-corrected chi connectivity index (χ4v) is 5.56. The van der Waals surface area contributed by atoms with Gasteiger partial charge in [0.1, 0.15) is 12.1 Å². The third-order valence-corrected chi connectivity index (χ3v) is 7.50. The summed E-state index contributed by atoms with van der Waals surface area (Å²) in [6, 6.07) is 6.86. The molecule has 8 nitrogen and oxygen atoms in total. The highest BCUT2D eigenvalue weighted by atomic mass is 16.5. The zero-order valence-corrected chi connectivity index (χ0v) is 20.5. The van der Waals surface area contributed by atoms with Gasteiger partial charge in [0.05, 0.1) is 19.2 Å². The predicted octanol–water partition coefficient (Wildman–Crippen LogP) is 3.93. The second kappa shape index (κ2) is 11.1. The van der Waals surface area contributed by atoms with Crippen LogP contribution in [-0.2, 0) is 9.53 Å². The predicted molar refractivity (Wildman–Crippen MR) is 133 cm³/mol. The number of aromatic nitrogens is 2. The van der Waals surface area contributed by atoms with Crippen molar-refractivity contribution in [2.45, 2.75) is 64.5 Å². The van der Waals surface area contributed by atoms with Crippen LogP contribution in [0.15, 0.2) is 24.5 Å². The molecule has 2 heterocycles. The molecule has 0 spiro atoms. The molecule has 0 radical (unpaired) electrons. The summed E-state index contributed by atoms with van der Waals surface area (Å²) in [7, 11) is 1.42. The molecule has 4 rings (SSSR count). The molecule has 2 aromatic rings. The average Bonchev–Trinajstić information content (AvgIpc) is 2.83. The molecule has 1 aromatic heterocycles. The van der Waals surface area contributed by atoms with Gasteiger partial charge in [0.25, 0.3) is 0 Å². The van der Waals surface area contributed by atoms with E-state index in [0.717, 1.165) is 67.5 Å². The SMILES string of the molecule is CCC(NC(=O)OC)C1CCC(N2CC(CC(=O)CNc3ncnc4ccc(C)cc34)C2)CC1. The number of rotatable bonds is 9. The zero-order chi connectivity index (χ0) is 24.1. The quantitative estimate of drug-likeness (QED) is 0.577. The Morgan fingerprint density at radius 1 is 1.18 bits per heavy atom. The molecule has 1 atom stereocenters. The van der Waals surface area contributed by atoms with Crippen molar-refractivity contribution < 1.29 is 14.3 Å². The monoisotopic (exact) mass is 467 g/mol. The Morgan fingerprint density at radius 2 is 1.94 bits per heavy atom. The molecule has 1 saturated carbocycles. The van der Waals surface area contributed by atoms with Gasteiger partial charge in [0.15, 0.2) is 5.78 Å². The van der Waals surface area contributed by atoms with Crippen LogP contribution in [0.3, 0.4) is 0 Å². The number of aryl methyl sites for hydroxylation is 1. The molecule has 1 aliphatic carbocycles. The lowest BCUT2D eigenvalue weighted by Crippen LogP contribution is -2.54. The van der Waals surface area contributed by atoms with E-state index in [4.69, 9.17) is 4.74 Å². The second-order valence-electron chi connectivity index (χ2n) is 9.88. The topological polar surface area (TPSA) is 96.5 Å². The van der Waals surface area contributed by atoms with E-state index in [2.05, 4.69) is 38.5 Å². The highest BCUT2D eigenvalue weighted by Crippen LogP contribution is 2.34. The molecule has 1 unspecified atom stereocenters. The summed E-state index contributed by atoms with van der Waals surface area (Å²) in [5.74, 6) is 1.92. The Morgan fingerprint density at radius 3 is 2.65 bits per heavy atom. The smallest absolute Gasteiger partial charge is 0.407 e. The van der Waals surface area contributed by atoms with Gasteiger partial charge in [-0.1, -0.05) is 18.6 Å². The van der Waals surface area contributed by atoms with Crippen molar-refractivity contribution in [1.82, 2.24) is 20.2 Å². The summed E-state index contributed by atoms with van der Waals surface area (Å²) in [4.78, 5) is 35.4. The Balaban J connectivity index is 1.18. The number of nitrogens with one attached hydrogen (secondary N) is 2. The van der Waals surface area contributed by atoms with Crippen LogP contribution >= 0.6 is 0 Å². The third kappa shape index (κ3) is 5.84. The molecule has 1 aliphatic heterocycles. The normalized spacial score (nSPS) is 22.1. The number of nitrogens with zero attached hydrogens (tertiary/aromatic N) is 3. The van der Waals surface area contributed by atoms with Crippen LogP contribution < -0.4 is 10.6 Å². The van der Waals surface area contributed by atoms with Gasteiger partial charge in [-0.3, -0.25) is 9.69 Å². The Kier molecular flexibility index (Phi) is 7.98. The van der Waals surface area contributed by atoms with Crippen LogP contribution in [0.1, 0.15) is 51.0 Å². The number of likely N-dealkylation sites (tertiary alicyclic amines) is 1. The van der Waals surface area contributed by atoms with Crippen molar-refractivity contribution in [3.05, 3.63) is 30.1 Å². The van der Waals surface area contributed by atoms with Crippen LogP contribution in [0.4, 0.5) is 10.6 Å². The van der Waals surface area contributed by atoms with E-state index in [1.165, 1.54) is 13.4 Å². The maximum atomic E-state index is 12.6. The van der Waals surface area contributed by atoms with E-state index >= 15 is 0 Å². The van der Waals surface area contributed by atoms with Gasteiger partial charge >= 0.3 is 6.09 Å². The van der Waals surface area contributed by atoms with Crippen LogP contribution in [0, 0.1) is 18.8 Å². The van der Waals surface area contributed by atoms with E-state index in [9.17, 15) is 9.59 Å². The fraction of sp³-hybridized carbons (Fsp3) is 0.615. The largest absolute Gasteiger partial charge is 0.453 e. The number of ketones is 1. The van der Waals surface area contributed by atoms with Crippen LogP contribution in [-0.4, -0.2) is 65.6 Å². The number of ether oxygens (including phenoxy) is 1. The highest BCUT2D eigenvalue weighted by molar-refractivity contribution is 5.91. The lowest BCUT2D eigenvalue weighted by Gasteiger charge is -2.47. The van der Waals surface area contributed by atoms with E-state index in [0.29, 0.717) is 30.8 Å². The minimum absolute atomic E-state index is 0.193. The summed E-state index contributed by atoms with van der Waals surface area (Å²) >= 11 is 0. The molecule has 34 heavy (non-hydrogen) atoms. The first-order valence-electron chi connectivity index (χ1n) is 12.5. The molecular formula is C26H37N5O3. The second-order valence-corrected chi connectivity index (χ2v) is 9.88. The number of hydrogen-bond acceptors (Lipinski definition) is 7. The number of alkyl carbamates (subject to hydrolysis) is 1. The highest BCUT2D eigenvalue weighted by Gasteiger charge is 2.36. The number of Topliss-reactive ketones (excluding diaryl/α,β-unsaturated/α-hetero) is 1. The van der Waals surface area contributed by atoms with E-state index < -0.39 is 0 Å². The van der Waals surface area contributed by atoms with Crippen molar-refractivity contribution in [3.8, 4) is 0 Å². The van der Waals surface area contributed by atoms with Crippen LogP contribution in [0.5, 0.6) is 0 Å². The number of methoxy groups -OCH3 is 1. The van der Waals surface area contributed by atoms with Crippen molar-refractivity contribution in [3.63, 3.8) is 0 Å². The first-order chi connectivity index (χ1) is 16.5. The lowest BCUT2D eigenvalue weighted by molar-refractivity contribution is -0.120. The first kappa shape index (κ1) is 24.4. The minimum atomic E-state index is -0.332. The molecule has 2 aliphatic rings. The van der Waals surface area contributed by atoms with Gasteiger partial charge in [-0.05, 0) is 63.0 Å². The summed E-state index contributed by atoms with van der Waals surface area (Å²) < 4.78 is 4.77. The van der Waals surface area contributed by atoms with Gasteiger partial charge < -0.3 is 15.4 Å². The molecule has 8 heteroatoms. The minimum Gasteiger partial charge on any atom is -0.453 e. The first-order valence-corrected chi connectivity index (χ1v) is 12.5. The zero-order valence-electron chi connectivity index (χ0n) is 20.5. The fourth-order valence-electron chi connectivity index (χ4n) is 5.56. The molecule has 1 aromatic carbocycles. The number of carbonyl (C=O) groups excluding carboxylic acids is 2. The molecule has 2 N–H and O–H groups in total.